The number of para-hydroxylation sites is 1. The molecule has 0 bridgehead atoms. The first-order chi connectivity index (χ1) is 13.2. The number of alkyl halides is 3. The van der Waals surface area contributed by atoms with Gasteiger partial charge in [-0.25, -0.2) is 0 Å². The van der Waals surface area contributed by atoms with Crippen LogP contribution >= 0.6 is 0 Å². The summed E-state index contributed by atoms with van der Waals surface area (Å²) in [6.45, 7) is 1.60. The van der Waals surface area contributed by atoms with Gasteiger partial charge >= 0.3 is 6.18 Å². The summed E-state index contributed by atoms with van der Waals surface area (Å²) in [7, 11) is 0. The van der Waals surface area contributed by atoms with Gasteiger partial charge in [-0.1, -0.05) is 12.1 Å². The Balaban J connectivity index is 1.49. The quantitative estimate of drug-likeness (QED) is 0.795. The van der Waals surface area contributed by atoms with Crippen LogP contribution in [0.2, 0.25) is 0 Å². The molecular formula is C18H21F3N4O3. The molecule has 1 aromatic rings. The van der Waals surface area contributed by atoms with E-state index in [1.165, 1.54) is 18.2 Å². The predicted molar refractivity (Wildman–Crippen MR) is 94.3 cm³/mol. The zero-order valence-electron chi connectivity index (χ0n) is 15.1. The normalized spacial score (nSPS) is 20.8. The molecule has 0 unspecified atom stereocenters. The summed E-state index contributed by atoms with van der Waals surface area (Å²) in [5, 5.41) is 4.96. The summed E-state index contributed by atoms with van der Waals surface area (Å²) in [6, 6.07) is 4.34. The van der Waals surface area contributed by atoms with Gasteiger partial charge in [-0.15, -0.1) is 0 Å². The molecule has 2 aliphatic heterocycles. The molecule has 0 aromatic heterocycles. The summed E-state index contributed by atoms with van der Waals surface area (Å²) in [4.78, 5) is 39.2. The number of carbonyl (C=O) groups is 3. The van der Waals surface area contributed by atoms with Crippen LogP contribution in [0.4, 0.5) is 18.9 Å². The van der Waals surface area contributed by atoms with Crippen molar-refractivity contribution in [2.75, 3.05) is 38.0 Å². The van der Waals surface area contributed by atoms with Crippen LogP contribution < -0.4 is 10.6 Å². The molecule has 3 amide bonds. The molecule has 2 saturated heterocycles. The van der Waals surface area contributed by atoms with E-state index in [1.54, 1.807) is 9.80 Å². The minimum atomic E-state index is -4.55. The van der Waals surface area contributed by atoms with E-state index >= 15 is 0 Å². The van der Waals surface area contributed by atoms with Crippen molar-refractivity contribution in [3.63, 3.8) is 0 Å². The topological polar surface area (TPSA) is 81.8 Å². The number of rotatable bonds is 4. The molecule has 2 heterocycles. The summed E-state index contributed by atoms with van der Waals surface area (Å²) < 4.78 is 39.0. The Hall–Kier alpha value is -2.62. The summed E-state index contributed by atoms with van der Waals surface area (Å²) in [6.07, 6.45) is -3.72. The van der Waals surface area contributed by atoms with Gasteiger partial charge < -0.3 is 15.5 Å². The minimum absolute atomic E-state index is 0.0611. The second-order valence-corrected chi connectivity index (χ2v) is 6.85. The van der Waals surface area contributed by atoms with Crippen molar-refractivity contribution in [1.29, 1.82) is 0 Å². The monoisotopic (exact) mass is 398 g/mol. The lowest BCUT2D eigenvalue weighted by Crippen LogP contribution is -2.54. The lowest BCUT2D eigenvalue weighted by atomic mass is 10.1. The van der Waals surface area contributed by atoms with Gasteiger partial charge in [-0.05, 0) is 18.6 Å². The molecule has 7 nitrogen and oxygen atoms in total. The van der Waals surface area contributed by atoms with Gasteiger partial charge in [-0.3, -0.25) is 19.3 Å². The smallest absolute Gasteiger partial charge is 0.344 e. The van der Waals surface area contributed by atoms with Gasteiger partial charge in [0.1, 0.15) is 6.04 Å². The highest BCUT2D eigenvalue weighted by molar-refractivity contribution is 5.93. The molecule has 2 N–H and O–H groups in total. The molecule has 0 aliphatic carbocycles. The van der Waals surface area contributed by atoms with Crippen LogP contribution in [0.5, 0.6) is 0 Å². The standard InChI is InChI=1S/C18H21F3N4O3/c19-18(20,21)12-3-1-2-4-13(12)22-16(27)11-24-7-9-25(10-8-24)17(28)14-5-6-15(26)23-14/h1-4,14H,5-11H2,(H,22,27)(H,23,26)/t14-/m1/s1. The lowest BCUT2D eigenvalue weighted by molar-refractivity contribution is -0.137. The number of anilines is 1. The van der Waals surface area contributed by atoms with E-state index in [0.29, 0.717) is 39.0 Å². The number of benzene rings is 1. The Kier molecular flexibility index (Phi) is 5.87. The first-order valence-electron chi connectivity index (χ1n) is 9.00. The molecule has 2 fully saturated rings. The van der Waals surface area contributed by atoms with Gasteiger partial charge in [0, 0.05) is 32.6 Å². The Morgan fingerprint density at radius 3 is 2.43 bits per heavy atom. The molecule has 1 atom stereocenters. The SMILES string of the molecule is O=C(CN1CCN(C(=O)[C@H]2CCC(=O)N2)CC1)Nc1ccccc1C(F)(F)F. The average molecular weight is 398 g/mol. The Bertz CT molecular complexity index is 761. The fraction of sp³-hybridized carbons (Fsp3) is 0.500. The lowest BCUT2D eigenvalue weighted by Gasteiger charge is -2.35. The van der Waals surface area contributed by atoms with Gasteiger partial charge in [0.15, 0.2) is 0 Å². The average Bonchev–Trinajstić information content (AvgIpc) is 3.07. The minimum Gasteiger partial charge on any atom is -0.344 e. The van der Waals surface area contributed by atoms with Gasteiger partial charge in [0.25, 0.3) is 0 Å². The van der Waals surface area contributed by atoms with E-state index in [4.69, 9.17) is 0 Å². The van der Waals surface area contributed by atoms with E-state index in [0.717, 1.165) is 6.07 Å². The van der Waals surface area contributed by atoms with E-state index in [1.807, 2.05) is 0 Å². The summed E-state index contributed by atoms with van der Waals surface area (Å²) in [5.74, 6) is -0.804. The first-order valence-corrected chi connectivity index (χ1v) is 9.00. The van der Waals surface area contributed by atoms with Crippen LogP contribution in [0.1, 0.15) is 18.4 Å². The maximum absolute atomic E-state index is 13.0. The van der Waals surface area contributed by atoms with Crippen molar-refractivity contribution in [1.82, 2.24) is 15.1 Å². The maximum atomic E-state index is 13.0. The van der Waals surface area contributed by atoms with Crippen LogP contribution in [-0.4, -0.2) is 66.3 Å². The van der Waals surface area contributed by atoms with E-state index in [-0.39, 0.29) is 24.0 Å². The highest BCUT2D eigenvalue weighted by atomic mass is 19.4. The van der Waals surface area contributed by atoms with Gasteiger partial charge in [0.2, 0.25) is 17.7 Å². The van der Waals surface area contributed by atoms with Crippen molar-refractivity contribution < 1.29 is 27.6 Å². The molecule has 0 spiro atoms. The third-order valence-corrected chi connectivity index (χ3v) is 4.85. The zero-order valence-corrected chi connectivity index (χ0v) is 15.1. The van der Waals surface area contributed by atoms with Crippen molar-refractivity contribution in [3.8, 4) is 0 Å². The molecule has 2 aliphatic rings. The van der Waals surface area contributed by atoms with Crippen LogP contribution in [0.3, 0.4) is 0 Å². The summed E-state index contributed by atoms with van der Waals surface area (Å²) in [5.41, 5.74) is -1.16. The number of halogens is 3. The number of amides is 3. The fourth-order valence-corrected chi connectivity index (χ4v) is 3.38. The number of piperazine rings is 1. The van der Waals surface area contributed by atoms with Crippen molar-refractivity contribution in [2.24, 2.45) is 0 Å². The predicted octanol–water partition coefficient (Wildman–Crippen LogP) is 1.07. The second-order valence-electron chi connectivity index (χ2n) is 6.85. The number of nitrogens with zero attached hydrogens (tertiary/aromatic N) is 2. The summed E-state index contributed by atoms with van der Waals surface area (Å²) >= 11 is 0. The van der Waals surface area contributed by atoms with Crippen LogP contribution in [0.15, 0.2) is 24.3 Å². The fourth-order valence-electron chi connectivity index (χ4n) is 3.38. The third-order valence-electron chi connectivity index (χ3n) is 4.85. The Morgan fingerprint density at radius 1 is 1.14 bits per heavy atom. The first kappa shape index (κ1) is 20.1. The van der Waals surface area contributed by atoms with Crippen molar-refractivity contribution >= 4 is 23.4 Å². The Morgan fingerprint density at radius 2 is 1.82 bits per heavy atom. The largest absolute Gasteiger partial charge is 0.418 e. The van der Waals surface area contributed by atoms with Crippen molar-refractivity contribution in [2.45, 2.75) is 25.1 Å². The van der Waals surface area contributed by atoms with E-state index in [9.17, 15) is 27.6 Å². The van der Waals surface area contributed by atoms with E-state index < -0.39 is 23.7 Å². The van der Waals surface area contributed by atoms with Gasteiger partial charge in [0.05, 0.1) is 17.8 Å². The molecule has 3 rings (SSSR count). The van der Waals surface area contributed by atoms with Crippen LogP contribution in [0.25, 0.3) is 0 Å². The molecule has 0 radical (unpaired) electrons. The zero-order chi connectivity index (χ0) is 20.3. The molecule has 1 aromatic carbocycles. The number of nitrogens with one attached hydrogen (secondary N) is 2. The highest BCUT2D eigenvalue weighted by Gasteiger charge is 2.34. The molecular weight excluding hydrogens is 377 g/mol. The van der Waals surface area contributed by atoms with Crippen LogP contribution in [-0.2, 0) is 20.6 Å². The molecule has 10 heteroatoms. The molecule has 152 valence electrons. The number of carbonyl (C=O) groups excluding carboxylic acids is 3. The van der Waals surface area contributed by atoms with E-state index in [2.05, 4.69) is 10.6 Å². The molecule has 0 saturated carbocycles. The molecule has 28 heavy (non-hydrogen) atoms. The van der Waals surface area contributed by atoms with Gasteiger partial charge in [-0.2, -0.15) is 13.2 Å². The Labute approximate surface area is 159 Å². The second kappa shape index (κ2) is 8.17. The number of hydrogen-bond acceptors (Lipinski definition) is 4. The number of hydrogen-bond donors (Lipinski definition) is 2. The third kappa shape index (κ3) is 4.80. The maximum Gasteiger partial charge on any atom is 0.418 e. The highest BCUT2D eigenvalue weighted by Crippen LogP contribution is 2.34. The van der Waals surface area contributed by atoms with Crippen LogP contribution in [0, 0.1) is 0 Å². The van der Waals surface area contributed by atoms with Crippen molar-refractivity contribution in [3.05, 3.63) is 29.8 Å².